The fraction of sp³-hybridized carbons (Fsp3) is 0.375. The molecule has 3 heterocycles. The maximum Gasteiger partial charge on any atom is 0.258 e. The number of pyridine rings is 1. The van der Waals surface area contributed by atoms with E-state index in [1.807, 2.05) is 12.1 Å². The van der Waals surface area contributed by atoms with Crippen LogP contribution in [0, 0.1) is 0 Å². The minimum absolute atomic E-state index is 0.0764. The number of rotatable bonds is 5. The standard InChI is InChI=1S/C16H16BrN5OS/c1-2-21-15(10-3-4-10)19-20-16(21)24-9-12-7-14(23)22-8-11(17)5-6-13(22)18-12/h5-8,10H,2-4,9H2,1H3. The molecule has 0 N–H and O–H groups in total. The minimum Gasteiger partial charge on any atom is -0.306 e. The second kappa shape index (κ2) is 6.33. The molecule has 0 amide bonds. The third-order valence-corrected chi connectivity index (χ3v) is 5.50. The molecule has 0 radical (unpaired) electrons. The molecule has 4 rings (SSSR count). The lowest BCUT2D eigenvalue weighted by Gasteiger charge is -2.07. The van der Waals surface area contributed by atoms with Crippen molar-refractivity contribution in [2.45, 2.75) is 43.1 Å². The number of nitrogens with zero attached hydrogens (tertiary/aromatic N) is 5. The maximum absolute atomic E-state index is 12.2. The Labute approximate surface area is 151 Å². The smallest absolute Gasteiger partial charge is 0.258 e. The van der Waals surface area contributed by atoms with Gasteiger partial charge >= 0.3 is 0 Å². The molecule has 0 spiro atoms. The first-order valence-corrected chi connectivity index (χ1v) is 9.67. The molecule has 0 aliphatic heterocycles. The van der Waals surface area contributed by atoms with Crippen molar-refractivity contribution in [3.05, 3.63) is 50.7 Å². The Morgan fingerprint density at radius 2 is 2.17 bits per heavy atom. The summed E-state index contributed by atoms with van der Waals surface area (Å²) in [7, 11) is 0. The number of hydrogen-bond donors (Lipinski definition) is 0. The lowest BCUT2D eigenvalue weighted by molar-refractivity contribution is 0.643. The van der Waals surface area contributed by atoms with Crippen molar-refractivity contribution < 1.29 is 0 Å². The van der Waals surface area contributed by atoms with E-state index < -0.39 is 0 Å². The van der Waals surface area contributed by atoms with Crippen LogP contribution in [0.25, 0.3) is 5.65 Å². The van der Waals surface area contributed by atoms with Crippen molar-refractivity contribution in [2.75, 3.05) is 0 Å². The molecule has 124 valence electrons. The van der Waals surface area contributed by atoms with Crippen molar-refractivity contribution in [3.63, 3.8) is 0 Å². The molecule has 1 fully saturated rings. The zero-order valence-electron chi connectivity index (χ0n) is 13.1. The van der Waals surface area contributed by atoms with Gasteiger partial charge < -0.3 is 4.57 Å². The lowest BCUT2D eigenvalue weighted by atomic mass is 10.4. The van der Waals surface area contributed by atoms with Crippen LogP contribution in [0.5, 0.6) is 0 Å². The van der Waals surface area contributed by atoms with E-state index in [9.17, 15) is 4.79 Å². The molecule has 3 aromatic rings. The predicted octanol–water partition coefficient (Wildman–Crippen LogP) is 3.24. The minimum atomic E-state index is -0.0764. The van der Waals surface area contributed by atoms with Gasteiger partial charge in [0.15, 0.2) is 5.16 Å². The van der Waals surface area contributed by atoms with E-state index in [0.29, 0.717) is 17.3 Å². The van der Waals surface area contributed by atoms with Crippen molar-refractivity contribution in [3.8, 4) is 0 Å². The van der Waals surface area contributed by atoms with Crippen molar-refractivity contribution in [1.82, 2.24) is 24.1 Å². The third-order valence-electron chi connectivity index (χ3n) is 4.03. The Hall–Kier alpha value is -1.67. The highest BCUT2D eigenvalue weighted by molar-refractivity contribution is 9.10. The largest absolute Gasteiger partial charge is 0.306 e. The van der Waals surface area contributed by atoms with E-state index in [0.717, 1.165) is 27.7 Å². The lowest BCUT2D eigenvalue weighted by Crippen LogP contribution is -2.15. The summed E-state index contributed by atoms with van der Waals surface area (Å²) in [5.41, 5.74) is 1.33. The van der Waals surface area contributed by atoms with Crippen LogP contribution in [0.2, 0.25) is 0 Å². The van der Waals surface area contributed by atoms with Crippen LogP contribution in [0.1, 0.15) is 37.2 Å². The summed E-state index contributed by atoms with van der Waals surface area (Å²) in [5, 5.41) is 9.56. The molecule has 0 atom stereocenters. The zero-order valence-corrected chi connectivity index (χ0v) is 15.5. The van der Waals surface area contributed by atoms with Gasteiger partial charge in [-0.25, -0.2) is 4.98 Å². The summed E-state index contributed by atoms with van der Waals surface area (Å²) in [6.07, 6.45) is 4.15. The Kier molecular flexibility index (Phi) is 4.17. The Morgan fingerprint density at radius 1 is 1.33 bits per heavy atom. The molecule has 1 aliphatic rings. The van der Waals surface area contributed by atoms with Gasteiger partial charge in [0.1, 0.15) is 11.5 Å². The molecule has 1 saturated carbocycles. The predicted molar refractivity (Wildman–Crippen MR) is 96.4 cm³/mol. The number of aromatic nitrogens is 5. The van der Waals surface area contributed by atoms with E-state index in [2.05, 4.69) is 42.6 Å². The van der Waals surface area contributed by atoms with Gasteiger partial charge in [0, 0.05) is 35.0 Å². The summed E-state index contributed by atoms with van der Waals surface area (Å²) in [5.74, 6) is 2.27. The van der Waals surface area contributed by atoms with Crippen LogP contribution < -0.4 is 5.56 Å². The molecule has 6 nitrogen and oxygen atoms in total. The van der Waals surface area contributed by atoms with E-state index in [1.54, 1.807) is 24.0 Å². The third kappa shape index (κ3) is 3.00. The molecule has 1 aliphatic carbocycles. The monoisotopic (exact) mass is 405 g/mol. The number of thioether (sulfide) groups is 1. The second-order valence-electron chi connectivity index (χ2n) is 5.81. The number of hydrogen-bond acceptors (Lipinski definition) is 5. The van der Waals surface area contributed by atoms with Crippen molar-refractivity contribution >= 4 is 33.3 Å². The highest BCUT2D eigenvalue weighted by Crippen LogP contribution is 2.40. The van der Waals surface area contributed by atoms with Crippen LogP contribution in [-0.2, 0) is 12.3 Å². The summed E-state index contributed by atoms with van der Waals surface area (Å²) in [6.45, 7) is 2.97. The van der Waals surface area contributed by atoms with Crippen LogP contribution in [0.15, 0.2) is 38.8 Å². The van der Waals surface area contributed by atoms with Crippen molar-refractivity contribution in [1.29, 1.82) is 0 Å². The highest BCUT2D eigenvalue weighted by Gasteiger charge is 2.29. The summed E-state index contributed by atoms with van der Waals surface area (Å²) in [4.78, 5) is 16.8. The van der Waals surface area contributed by atoms with Gasteiger partial charge in [-0.2, -0.15) is 0 Å². The topological polar surface area (TPSA) is 65.1 Å². The second-order valence-corrected chi connectivity index (χ2v) is 7.67. The van der Waals surface area contributed by atoms with Gasteiger partial charge in [-0.3, -0.25) is 9.20 Å². The van der Waals surface area contributed by atoms with Gasteiger partial charge in [-0.15, -0.1) is 10.2 Å². The van der Waals surface area contributed by atoms with Crippen LogP contribution >= 0.6 is 27.7 Å². The molecular formula is C16H16BrN5OS. The molecule has 0 aromatic carbocycles. The molecule has 3 aromatic heterocycles. The molecular weight excluding hydrogens is 390 g/mol. The maximum atomic E-state index is 12.2. The Balaban J connectivity index is 1.59. The first-order chi connectivity index (χ1) is 11.7. The van der Waals surface area contributed by atoms with Gasteiger partial charge in [-0.05, 0) is 47.8 Å². The first kappa shape index (κ1) is 15.8. The van der Waals surface area contributed by atoms with Crippen molar-refractivity contribution in [2.24, 2.45) is 0 Å². The van der Waals surface area contributed by atoms with Gasteiger partial charge in [-0.1, -0.05) is 11.8 Å². The fourth-order valence-corrected chi connectivity index (χ4v) is 3.92. The van der Waals surface area contributed by atoms with E-state index in [1.165, 1.54) is 17.2 Å². The molecule has 0 saturated heterocycles. The molecule has 8 heteroatoms. The average Bonchev–Trinajstić information content (AvgIpc) is 3.33. The van der Waals surface area contributed by atoms with Crippen LogP contribution in [-0.4, -0.2) is 24.1 Å². The fourth-order valence-electron chi connectivity index (χ4n) is 2.69. The van der Waals surface area contributed by atoms with Gasteiger partial charge in [0.25, 0.3) is 5.56 Å². The average molecular weight is 406 g/mol. The molecule has 24 heavy (non-hydrogen) atoms. The number of halogens is 1. The summed E-state index contributed by atoms with van der Waals surface area (Å²) in [6, 6.07) is 5.30. The summed E-state index contributed by atoms with van der Waals surface area (Å²) < 4.78 is 4.57. The van der Waals surface area contributed by atoms with E-state index in [-0.39, 0.29) is 5.56 Å². The highest BCUT2D eigenvalue weighted by atomic mass is 79.9. The quantitative estimate of drug-likeness (QED) is 0.609. The van der Waals surface area contributed by atoms with Crippen LogP contribution in [0.3, 0.4) is 0 Å². The SMILES string of the molecule is CCn1c(SCc2cc(=O)n3cc(Br)ccc3n2)nnc1C1CC1. The van der Waals surface area contributed by atoms with Gasteiger partial charge in [0.05, 0.1) is 5.69 Å². The summed E-state index contributed by atoms with van der Waals surface area (Å²) >= 11 is 4.95. The van der Waals surface area contributed by atoms with Gasteiger partial charge in [0.2, 0.25) is 0 Å². The zero-order chi connectivity index (χ0) is 16.7. The molecule has 0 unspecified atom stereocenters. The van der Waals surface area contributed by atoms with E-state index >= 15 is 0 Å². The van der Waals surface area contributed by atoms with Crippen LogP contribution in [0.4, 0.5) is 0 Å². The number of fused-ring (bicyclic) bond motifs is 1. The molecule has 0 bridgehead atoms. The first-order valence-electron chi connectivity index (χ1n) is 7.89. The Bertz CT molecular complexity index is 963. The Morgan fingerprint density at radius 3 is 2.92 bits per heavy atom. The normalized spacial score (nSPS) is 14.4. The van der Waals surface area contributed by atoms with E-state index in [4.69, 9.17) is 0 Å².